The lowest BCUT2D eigenvalue weighted by atomic mass is 9.94. The Morgan fingerprint density at radius 2 is 1.74 bits per heavy atom. The van der Waals surface area contributed by atoms with Crippen LogP contribution in [0.2, 0.25) is 0 Å². The first-order chi connectivity index (χ1) is 22.5. The summed E-state index contributed by atoms with van der Waals surface area (Å²) in [5, 5.41) is 11.3. The molecule has 3 aromatic rings. The molecule has 3 fully saturated rings. The monoisotopic (exact) mass is 630 g/mol. The van der Waals surface area contributed by atoms with Crippen LogP contribution in [0.3, 0.4) is 0 Å². The minimum Gasteiger partial charge on any atom is -0.359 e. The summed E-state index contributed by atoms with van der Waals surface area (Å²) in [5.74, 6) is 1.79. The summed E-state index contributed by atoms with van der Waals surface area (Å²) < 4.78 is 2.09. The predicted octanol–water partition coefficient (Wildman–Crippen LogP) is 2.94. The van der Waals surface area contributed by atoms with Gasteiger partial charge >= 0.3 is 0 Å². The Labute approximate surface area is 270 Å². The Kier molecular flexibility index (Phi) is 10.4. The number of aromatic nitrogens is 5. The highest BCUT2D eigenvalue weighted by molar-refractivity contribution is 5.95. The predicted molar refractivity (Wildman–Crippen MR) is 176 cm³/mol. The minimum atomic E-state index is -0.122. The number of carbonyl (C=O) groups excluding carboxylic acids is 3. The molecule has 3 aromatic heterocycles. The maximum absolute atomic E-state index is 12.6. The summed E-state index contributed by atoms with van der Waals surface area (Å²) in [6.45, 7) is 5.29. The molecule has 0 unspecified atom stereocenters. The van der Waals surface area contributed by atoms with Gasteiger partial charge in [-0.1, -0.05) is 19.3 Å². The first kappa shape index (κ1) is 31.8. The van der Waals surface area contributed by atoms with Crippen molar-refractivity contribution < 1.29 is 14.4 Å². The van der Waals surface area contributed by atoms with E-state index in [1.54, 1.807) is 31.8 Å². The summed E-state index contributed by atoms with van der Waals surface area (Å²) in [5.41, 5.74) is 1.36. The van der Waals surface area contributed by atoms with Gasteiger partial charge in [-0.2, -0.15) is 5.10 Å². The molecule has 0 radical (unpaired) electrons. The fraction of sp³-hybridized carbons (Fsp3) is 0.606. The van der Waals surface area contributed by atoms with Crippen LogP contribution < -0.4 is 20.4 Å². The highest BCUT2D eigenvalue weighted by Crippen LogP contribution is 2.31. The Balaban J connectivity index is 0.966. The fourth-order valence-corrected chi connectivity index (χ4v) is 7.20. The fourth-order valence-electron chi connectivity index (χ4n) is 7.20. The number of nitrogens with one attached hydrogen (secondary N) is 2. The first-order valence-corrected chi connectivity index (χ1v) is 16.9. The lowest BCUT2D eigenvalue weighted by molar-refractivity contribution is -0.120. The van der Waals surface area contributed by atoms with E-state index in [1.165, 1.54) is 24.2 Å². The molecule has 6 rings (SSSR count). The van der Waals surface area contributed by atoms with Crippen molar-refractivity contribution in [3.63, 3.8) is 0 Å². The topological polar surface area (TPSA) is 141 Å². The van der Waals surface area contributed by atoms with Crippen LogP contribution in [0.5, 0.6) is 0 Å². The third-order valence-electron chi connectivity index (χ3n) is 9.93. The second kappa shape index (κ2) is 15.0. The lowest BCUT2D eigenvalue weighted by Gasteiger charge is -2.38. The van der Waals surface area contributed by atoms with Crippen molar-refractivity contribution >= 4 is 40.8 Å². The average Bonchev–Trinajstić information content (AvgIpc) is 3.54. The second-order valence-electron chi connectivity index (χ2n) is 12.9. The molecule has 246 valence electrons. The van der Waals surface area contributed by atoms with Gasteiger partial charge < -0.3 is 20.4 Å². The first-order valence-electron chi connectivity index (χ1n) is 16.9. The molecule has 0 aromatic carbocycles. The number of anilines is 2. The van der Waals surface area contributed by atoms with Gasteiger partial charge in [-0.15, -0.1) is 0 Å². The Bertz CT molecular complexity index is 1470. The van der Waals surface area contributed by atoms with E-state index in [0.717, 1.165) is 94.4 Å². The van der Waals surface area contributed by atoms with Crippen molar-refractivity contribution in [2.75, 3.05) is 56.1 Å². The van der Waals surface area contributed by atoms with Crippen LogP contribution in [0.1, 0.15) is 80.7 Å². The number of amides is 3. The summed E-state index contributed by atoms with van der Waals surface area (Å²) in [6, 6.07) is 2.50. The van der Waals surface area contributed by atoms with E-state index in [0.29, 0.717) is 17.4 Å². The van der Waals surface area contributed by atoms with Crippen molar-refractivity contribution in [1.82, 2.24) is 40.3 Å². The van der Waals surface area contributed by atoms with Crippen molar-refractivity contribution in [2.24, 2.45) is 5.92 Å². The molecule has 13 nitrogen and oxygen atoms in total. The number of nitrogens with zero attached hydrogens (tertiary/aromatic N) is 8. The maximum atomic E-state index is 12.6. The van der Waals surface area contributed by atoms with Gasteiger partial charge in [-0.3, -0.25) is 24.0 Å². The van der Waals surface area contributed by atoms with Crippen LogP contribution in [-0.2, 0) is 9.59 Å². The number of likely N-dealkylation sites (tertiary alicyclic amines) is 1. The van der Waals surface area contributed by atoms with Crippen LogP contribution in [-0.4, -0.2) is 100 Å². The van der Waals surface area contributed by atoms with Gasteiger partial charge in [0, 0.05) is 65.0 Å². The van der Waals surface area contributed by atoms with E-state index in [2.05, 4.69) is 40.1 Å². The summed E-state index contributed by atoms with van der Waals surface area (Å²) >= 11 is 0. The van der Waals surface area contributed by atoms with Crippen LogP contribution in [0.4, 0.5) is 11.6 Å². The average molecular weight is 631 g/mol. The molecule has 2 aliphatic heterocycles. The molecule has 2 N–H and O–H groups in total. The van der Waals surface area contributed by atoms with Gasteiger partial charge in [0.05, 0.1) is 35.5 Å². The number of fused-ring (bicyclic) bond motifs is 1. The van der Waals surface area contributed by atoms with Gasteiger partial charge in [-0.05, 0) is 50.5 Å². The van der Waals surface area contributed by atoms with Gasteiger partial charge in [0.15, 0.2) is 0 Å². The van der Waals surface area contributed by atoms with Crippen molar-refractivity contribution in [3.05, 3.63) is 36.5 Å². The van der Waals surface area contributed by atoms with Gasteiger partial charge in [-0.25, -0.2) is 15.0 Å². The number of hydrogen-bond acceptors (Lipinski definition) is 9. The highest BCUT2D eigenvalue weighted by atomic mass is 16.2. The molecule has 1 saturated carbocycles. The second-order valence-corrected chi connectivity index (χ2v) is 12.9. The highest BCUT2D eigenvalue weighted by Gasteiger charge is 2.28. The van der Waals surface area contributed by atoms with Crippen LogP contribution in [0.25, 0.3) is 10.9 Å². The Morgan fingerprint density at radius 3 is 2.43 bits per heavy atom. The Morgan fingerprint density at radius 1 is 0.957 bits per heavy atom. The van der Waals surface area contributed by atoms with Gasteiger partial charge in [0.1, 0.15) is 17.3 Å². The number of carbonyl (C=O) groups is 3. The van der Waals surface area contributed by atoms with Crippen molar-refractivity contribution in [3.8, 4) is 0 Å². The van der Waals surface area contributed by atoms with E-state index in [9.17, 15) is 14.4 Å². The van der Waals surface area contributed by atoms with Crippen LogP contribution >= 0.6 is 0 Å². The third-order valence-corrected chi connectivity index (χ3v) is 9.93. The smallest absolute Gasteiger partial charge is 0.271 e. The van der Waals surface area contributed by atoms with Crippen LogP contribution in [0, 0.1) is 5.92 Å². The zero-order valence-corrected chi connectivity index (χ0v) is 26.8. The largest absolute Gasteiger partial charge is 0.359 e. The molecular formula is C33H46N10O3. The zero-order chi connectivity index (χ0) is 31.9. The van der Waals surface area contributed by atoms with E-state index in [4.69, 9.17) is 5.10 Å². The molecule has 0 atom stereocenters. The van der Waals surface area contributed by atoms with E-state index in [-0.39, 0.29) is 36.9 Å². The summed E-state index contributed by atoms with van der Waals surface area (Å²) in [4.78, 5) is 56.0. The third kappa shape index (κ3) is 7.46. The van der Waals surface area contributed by atoms with Crippen molar-refractivity contribution in [2.45, 2.75) is 76.3 Å². The van der Waals surface area contributed by atoms with Gasteiger partial charge in [0.25, 0.3) is 5.91 Å². The van der Waals surface area contributed by atoms with Crippen molar-refractivity contribution in [1.29, 1.82) is 0 Å². The molecule has 3 amide bonds. The molecule has 0 bridgehead atoms. The number of pyridine rings is 1. The standard InChI is InChI=1S/C33H46N10O3/c1-34-31(45)12-18-42(23-44)32-27-19-38-43(29(27)7-13-35-32)26-10-14-40(15-11-26)22-24-8-16-41(17-9-24)30-21-36-28(20-37-30)33(46)39-25-5-3-2-4-6-25/h7,13,19-21,23-26H,2-6,8-12,14-18,22H2,1H3,(H,34,45)(H,39,46). The SMILES string of the molecule is CNC(=O)CCN(C=O)c1nccc2c1cnn2C1CCN(CC2CCN(c3cnc(C(=O)NC4CCCCC4)cn3)CC2)CC1. The maximum Gasteiger partial charge on any atom is 0.271 e. The number of piperidine rings is 2. The Hall–Kier alpha value is -4.13. The number of rotatable bonds is 11. The van der Waals surface area contributed by atoms with Crippen LogP contribution in [0.15, 0.2) is 30.9 Å². The molecule has 0 spiro atoms. The molecule has 5 heterocycles. The molecule has 2 saturated heterocycles. The molecular weight excluding hydrogens is 584 g/mol. The quantitative estimate of drug-likeness (QED) is 0.306. The summed E-state index contributed by atoms with van der Waals surface area (Å²) in [7, 11) is 1.59. The van der Waals surface area contributed by atoms with E-state index in [1.807, 2.05) is 6.07 Å². The van der Waals surface area contributed by atoms with E-state index < -0.39 is 0 Å². The van der Waals surface area contributed by atoms with Gasteiger partial charge in [0.2, 0.25) is 12.3 Å². The number of hydrogen-bond donors (Lipinski definition) is 2. The summed E-state index contributed by atoms with van der Waals surface area (Å²) in [6.07, 6.45) is 17.8. The normalized spacial score (nSPS) is 18.8. The molecule has 46 heavy (non-hydrogen) atoms. The lowest BCUT2D eigenvalue weighted by Crippen LogP contribution is -2.42. The molecule has 1 aliphatic carbocycles. The molecule has 3 aliphatic rings. The minimum absolute atomic E-state index is 0.116. The zero-order valence-electron chi connectivity index (χ0n) is 26.8. The van der Waals surface area contributed by atoms with E-state index >= 15 is 0 Å². The molecule has 13 heteroatoms.